The summed E-state index contributed by atoms with van der Waals surface area (Å²) in [6.07, 6.45) is 0.659. The van der Waals surface area contributed by atoms with Crippen LogP contribution < -0.4 is 10.6 Å². The summed E-state index contributed by atoms with van der Waals surface area (Å²) in [5.74, 6) is -0.302. The number of β-amino-alcohol motifs (C(OH)–C–C–N with tert-alkyl or cyclic N) is 1. The SMILES string of the molecule is CNC(=O)NC(=O)CCN1CC(O)CC1CN(C)C. The summed E-state index contributed by atoms with van der Waals surface area (Å²) >= 11 is 0. The molecule has 110 valence electrons. The first-order valence-electron chi connectivity index (χ1n) is 6.50. The highest BCUT2D eigenvalue weighted by molar-refractivity contribution is 5.94. The molecule has 3 N–H and O–H groups in total. The Kier molecular flexibility index (Phi) is 6.20. The molecule has 1 saturated heterocycles. The lowest BCUT2D eigenvalue weighted by molar-refractivity contribution is -0.120. The monoisotopic (exact) mass is 272 g/mol. The molecule has 7 heteroatoms. The fourth-order valence-electron chi connectivity index (χ4n) is 2.34. The van der Waals surface area contributed by atoms with Gasteiger partial charge in [-0.1, -0.05) is 0 Å². The summed E-state index contributed by atoms with van der Waals surface area (Å²) in [5.41, 5.74) is 0. The smallest absolute Gasteiger partial charge is 0.321 e. The van der Waals surface area contributed by atoms with E-state index in [1.807, 2.05) is 14.1 Å². The van der Waals surface area contributed by atoms with Crippen molar-refractivity contribution in [3.8, 4) is 0 Å². The third-order valence-corrected chi connectivity index (χ3v) is 3.19. The number of nitrogens with zero attached hydrogens (tertiary/aromatic N) is 2. The van der Waals surface area contributed by atoms with E-state index < -0.39 is 6.03 Å². The number of hydrogen-bond acceptors (Lipinski definition) is 5. The Bertz CT molecular complexity index is 322. The molecule has 1 heterocycles. The highest BCUT2D eigenvalue weighted by Crippen LogP contribution is 2.18. The molecular formula is C12H24N4O3. The van der Waals surface area contributed by atoms with Crippen LogP contribution in [-0.4, -0.2) is 79.8 Å². The summed E-state index contributed by atoms with van der Waals surface area (Å²) in [7, 11) is 5.44. The number of aliphatic hydroxyl groups excluding tert-OH is 1. The van der Waals surface area contributed by atoms with Crippen molar-refractivity contribution in [1.82, 2.24) is 20.4 Å². The maximum atomic E-state index is 11.5. The van der Waals surface area contributed by atoms with Crippen LogP contribution in [0, 0.1) is 0 Å². The van der Waals surface area contributed by atoms with Gasteiger partial charge in [0, 0.05) is 39.1 Å². The second-order valence-electron chi connectivity index (χ2n) is 5.18. The summed E-state index contributed by atoms with van der Waals surface area (Å²) in [6, 6.07) is -0.228. The minimum atomic E-state index is -0.490. The molecule has 0 bridgehead atoms. The van der Waals surface area contributed by atoms with Crippen LogP contribution >= 0.6 is 0 Å². The number of imide groups is 1. The van der Waals surface area contributed by atoms with Gasteiger partial charge in [0.15, 0.2) is 0 Å². The molecular weight excluding hydrogens is 248 g/mol. The summed E-state index contributed by atoms with van der Waals surface area (Å²) in [5, 5.41) is 14.3. The van der Waals surface area contributed by atoms with E-state index >= 15 is 0 Å². The molecule has 0 spiro atoms. The molecule has 2 atom stereocenters. The molecule has 0 aromatic rings. The molecule has 1 aliphatic rings. The Morgan fingerprint density at radius 3 is 2.68 bits per heavy atom. The predicted molar refractivity (Wildman–Crippen MR) is 71.8 cm³/mol. The molecule has 0 aliphatic carbocycles. The number of carbonyl (C=O) groups is 2. The van der Waals surface area contributed by atoms with Gasteiger partial charge >= 0.3 is 6.03 Å². The minimum Gasteiger partial charge on any atom is -0.392 e. The summed E-state index contributed by atoms with van der Waals surface area (Å²) < 4.78 is 0. The molecule has 1 fully saturated rings. The van der Waals surface area contributed by atoms with E-state index in [-0.39, 0.29) is 24.5 Å². The normalized spacial score (nSPS) is 23.6. The number of hydrogen-bond donors (Lipinski definition) is 3. The Morgan fingerprint density at radius 1 is 1.42 bits per heavy atom. The van der Waals surface area contributed by atoms with Gasteiger partial charge < -0.3 is 15.3 Å². The predicted octanol–water partition coefficient (Wildman–Crippen LogP) is -1.17. The lowest BCUT2D eigenvalue weighted by atomic mass is 10.2. The van der Waals surface area contributed by atoms with Crippen molar-refractivity contribution in [3.05, 3.63) is 0 Å². The zero-order valence-electron chi connectivity index (χ0n) is 11.8. The topological polar surface area (TPSA) is 84.9 Å². The molecule has 19 heavy (non-hydrogen) atoms. The first-order chi connectivity index (χ1) is 8.92. The van der Waals surface area contributed by atoms with Crippen LogP contribution in [-0.2, 0) is 4.79 Å². The third-order valence-electron chi connectivity index (χ3n) is 3.19. The van der Waals surface area contributed by atoms with E-state index in [9.17, 15) is 14.7 Å². The number of nitrogens with one attached hydrogen (secondary N) is 2. The Morgan fingerprint density at radius 2 is 2.11 bits per heavy atom. The third kappa shape index (κ3) is 5.54. The van der Waals surface area contributed by atoms with Gasteiger partial charge in [0.2, 0.25) is 5.91 Å². The number of urea groups is 1. The van der Waals surface area contributed by atoms with Crippen LogP contribution in [0.15, 0.2) is 0 Å². The van der Waals surface area contributed by atoms with E-state index in [0.717, 1.165) is 13.0 Å². The van der Waals surface area contributed by atoms with Gasteiger partial charge in [-0.05, 0) is 20.5 Å². The second kappa shape index (κ2) is 7.42. The average molecular weight is 272 g/mol. The fraction of sp³-hybridized carbons (Fsp3) is 0.833. The van der Waals surface area contributed by atoms with Crippen molar-refractivity contribution < 1.29 is 14.7 Å². The zero-order valence-corrected chi connectivity index (χ0v) is 11.8. The number of amides is 3. The largest absolute Gasteiger partial charge is 0.392 e. The molecule has 1 aliphatic heterocycles. The van der Waals surface area contributed by atoms with E-state index in [1.54, 1.807) is 0 Å². The van der Waals surface area contributed by atoms with Gasteiger partial charge in [0.05, 0.1) is 6.10 Å². The van der Waals surface area contributed by atoms with Gasteiger partial charge in [0.1, 0.15) is 0 Å². The van der Waals surface area contributed by atoms with Crippen LogP contribution in [0.1, 0.15) is 12.8 Å². The summed E-state index contributed by atoms with van der Waals surface area (Å²) in [6.45, 7) is 2.00. The number of likely N-dealkylation sites (N-methyl/N-ethyl adjacent to an activating group) is 1. The molecule has 1 rings (SSSR count). The Balaban J connectivity index is 2.37. The number of likely N-dealkylation sites (tertiary alicyclic amines) is 1. The Labute approximate surface area is 113 Å². The number of carbonyl (C=O) groups excluding carboxylic acids is 2. The minimum absolute atomic E-state index is 0.254. The second-order valence-corrected chi connectivity index (χ2v) is 5.18. The van der Waals surface area contributed by atoms with E-state index in [2.05, 4.69) is 20.4 Å². The highest BCUT2D eigenvalue weighted by atomic mass is 16.3. The van der Waals surface area contributed by atoms with Crippen LogP contribution in [0.3, 0.4) is 0 Å². The van der Waals surface area contributed by atoms with Crippen LogP contribution in [0.2, 0.25) is 0 Å². The van der Waals surface area contributed by atoms with E-state index in [1.165, 1.54) is 7.05 Å². The molecule has 0 saturated carbocycles. The molecule has 7 nitrogen and oxygen atoms in total. The molecule has 0 radical (unpaired) electrons. The molecule has 2 unspecified atom stereocenters. The number of aliphatic hydroxyl groups is 1. The lowest BCUT2D eigenvalue weighted by Gasteiger charge is -2.26. The summed E-state index contributed by atoms with van der Waals surface area (Å²) in [4.78, 5) is 26.7. The molecule has 0 aromatic carbocycles. The van der Waals surface area contributed by atoms with Crippen molar-refractivity contribution >= 4 is 11.9 Å². The van der Waals surface area contributed by atoms with Crippen molar-refractivity contribution in [3.63, 3.8) is 0 Å². The van der Waals surface area contributed by atoms with Crippen molar-refractivity contribution in [1.29, 1.82) is 0 Å². The first kappa shape index (κ1) is 15.9. The standard InChI is InChI=1S/C12H24N4O3/c1-13-12(19)14-11(18)4-5-16-8-10(17)6-9(16)7-15(2)3/h9-10,17H,4-8H2,1-3H3,(H2,13,14,18,19). The molecule has 0 aromatic heterocycles. The first-order valence-corrected chi connectivity index (χ1v) is 6.50. The maximum Gasteiger partial charge on any atom is 0.321 e. The average Bonchev–Trinajstić information content (AvgIpc) is 2.65. The van der Waals surface area contributed by atoms with Gasteiger partial charge in [0.25, 0.3) is 0 Å². The fourth-order valence-corrected chi connectivity index (χ4v) is 2.34. The van der Waals surface area contributed by atoms with Gasteiger partial charge in [-0.3, -0.25) is 15.0 Å². The number of rotatable bonds is 5. The Hall–Kier alpha value is -1.18. The van der Waals surface area contributed by atoms with E-state index in [4.69, 9.17) is 0 Å². The van der Waals surface area contributed by atoms with Crippen LogP contribution in [0.25, 0.3) is 0 Å². The maximum absolute atomic E-state index is 11.5. The lowest BCUT2D eigenvalue weighted by Crippen LogP contribution is -2.42. The van der Waals surface area contributed by atoms with Crippen molar-refractivity contribution in [2.45, 2.75) is 25.0 Å². The zero-order chi connectivity index (χ0) is 14.4. The van der Waals surface area contributed by atoms with Crippen LogP contribution in [0.4, 0.5) is 4.79 Å². The van der Waals surface area contributed by atoms with E-state index in [0.29, 0.717) is 13.1 Å². The van der Waals surface area contributed by atoms with Crippen LogP contribution in [0.5, 0.6) is 0 Å². The van der Waals surface area contributed by atoms with Gasteiger partial charge in [-0.15, -0.1) is 0 Å². The highest BCUT2D eigenvalue weighted by Gasteiger charge is 2.31. The van der Waals surface area contributed by atoms with Gasteiger partial charge in [-0.2, -0.15) is 0 Å². The van der Waals surface area contributed by atoms with Gasteiger partial charge in [-0.25, -0.2) is 4.79 Å². The van der Waals surface area contributed by atoms with Crippen molar-refractivity contribution in [2.75, 3.05) is 40.8 Å². The molecule has 3 amide bonds. The van der Waals surface area contributed by atoms with Crippen molar-refractivity contribution in [2.24, 2.45) is 0 Å². The quantitative estimate of drug-likeness (QED) is 0.587.